The third-order valence-electron chi connectivity index (χ3n) is 2.32. The molecule has 1 atom stereocenters. The lowest BCUT2D eigenvalue weighted by atomic mass is 10.2. The van der Waals surface area contributed by atoms with Gasteiger partial charge in [-0.2, -0.15) is 4.98 Å². The molecule has 1 aromatic rings. The number of nitrogens with one attached hydrogen (secondary N) is 3. The number of hydrogen-bond donors (Lipinski definition) is 3. The monoisotopic (exact) mass is 221 g/mol. The van der Waals surface area contributed by atoms with Gasteiger partial charge in [-0.15, -0.1) is 0 Å². The summed E-state index contributed by atoms with van der Waals surface area (Å²) >= 11 is 0. The Bertz CT molecular complexity index is 381. The van der Waals surface area contributed by atoms with E-state index in [1.165, 1.54) is 0 Å². The van der Waals surface area contributed by atoms with Crippen LogP contribution in [0.3, 0.4) is 0 Å². The van der Waals surface area contributed by atoms with Crippen LogP contribution in [0.4, 0.5) is 11.8 Å². The molecule has 0 aromatic carbocycles. The van der Waals surface area contributed by atoms with Gasteiger partial charge in [-0.1, -0.05) is 0 Å². The van der Waals surface area contributed by atoms with Crippen LogP contribution in [-0.4, -0.2) is 35.0 Å². The van der Waals surface area contributed by atoms with Crippen LogP contribution in [0.25, 0.3) is 0 Å². The van der Waals surface area contributed by atoms with Crippen molar-refractivity contribution >= 4 is 17.7 Å². The van der Waals surface area contributed by atoms with Gasteiger partial charge in [-0.3, -0.25) is 4.79 Å². The van der Waals surface area contributed by atoms with E-state index in [0.29, 0.717) is 18.9 Å². The predicted molar refractivity (Wildman–Crippen MR) is 61.2 cm³/mol. The second kappa shape index (κ2) is 4.78. The molecule has 16 heavy (non-hydrogen) atoms. The predicted octanol–water partition coefficient (Wildman–Crippen LogP) is 0.209. The highest BCUT2D eigenvalue weighted by Crippen LogP contribution is 2.10. The summed E-state index contributed by atoms with van der Waals surface area (Å²) < 4.78 is 0. The number of carbonyl (C=O) groups excluding carboxylic acids is 1. The van der Waals surface area contributed by atoms with E-state index in [0.717, 1.165) is 12.4 Å². The fraction of sp³-hybridized carbons (Fsp3) is 0.500. The molecule has 1 aliphatic heterocycles. The molecular weight excluding hydrogens is 206 g/mol. The fourth-order valence-electron chi connectivity index (χ4n) is 1.60. The molecule has 0 aliphatic carbocycles. The summed E-state index contributed by atoms with van der Waals surface area (Å²) in [5, 5.41) is 9.00. The minimum atomic E-state index is 0.0819. The molecule has 1 aromatic heterocycles. The van der Waals surface area contributed by atoms with Gasteiger partial charge in [-0.05, 0) is 13.0 Å². The lowest BCUT2D eigenvalue weighted by Gasteiger charge is -2.11. The van der Waals surface area contributed by atoms with Crippen molar-refractivity contribution in [2.75, 3.05) is 23.7 Å². The molecule has 1 amide bonds. The lowest BCUT2D eigenvalue weighted by Crippen LogP contribution is -2.23. The molecule has 3 N–H and O–H groups in total. The van der Waals surface area contributed by atoms with E-state index >= 15 is 0 Å². The van der Waals surface area contributed by atoms with E-state index in [-0.39, 0.29) is 11.9 Å². The zero-order chi connectivity index (χ0) is 11.4. The molecule has 2 rings (SSSR count). The largest absolute Gasteiger partial charge is 0.365 e. The van der Waals surface area contributed by atoms with Crippen LogP contribution < -0.4 is 16.0 Å². The van der Waals surface area contributed by atoms with Crippen LogP contribution >= 0.6 is 0 Å². The van der Waals surface area contributed by atoms with Gasteiger partial charge in [0.1, 0.15) is 5.82 Å². The Morgan fingerprint density at radius 1 is 1.62 bits per heavy atom. The topological polar surface area (TPSA) is 78.9 Å². The number of anilines is 2. The molecule has 6 heteroatoms. The van der Waals surface area contributed by atoms with Gasteiger partial charge >= 0.3 is 0 Å². The van der Waals surface area contributed by atoms with Gasteiger partial charge in [0, 0.05) is 25.7 Å². The number of amides is 1. The van der Waals surface area contributed by atoms with Crippen molar-refractivity contribution < 1.29 is 4.79 Å². The third kappa shape index (κ3) is 2.59. The molecule has 1 fully saturated rings. The molecule has 0 bridgehead atoms. The van der Waals surface area contributed by atoms with E-state index in [4.69, 9.17) is 0 Å². The molecule has 0 spiro atoms. The molecule has 86 valence electrons. The van der Waals surface area contributed by atoms with Crippen molar-refractivity contribution in [2.24, 2.45) is 0 Å². The van der Waals surface area contributed by atoms with Crippen LogP contribution in [0.1, 0.15) is 13.3 Å². The van der Waals surface area contributed by atoms with Gasteiger partial charge in [0.2, 0.25) is 11.9 Å². The summed E-state index contributed by atoms with van der Waals surface area (Å²) in [6.07, 6.45) is 2.19. The summed E-state index contributed by atoms with van der Waals surface area (Å²) in [5.74, 6) is 1.43. The number of aromatic nitrogens is 2. The van der Waals surface area contributed by atoms with Crippen LogP contribution in [0, 0.1) is 0 Å². The lowest BCUT2D eigenvalue weighted by molar-refractivity contribution is -0.119. The van der Waals surface area contributed by atoms with Gasteiger partial charge in [-0.25, -0.2) is 4.98 Å². The Morgan fingerprint density at radius 3 is 3.19 bits per heavy atom. The van der Waals surface area contributed by atoms with Crippen LogP contribution in [-0.2, 0) is 4.79 Å². The first kappa shape index (κ1) is 10.7. The van der Waals surface area contributed by atoms with Crippen molar-refractivity contribution in [1.82, 2.24) is 15.3 Å². The first-order valence-electron chi connectivity index (χ1n) is 5.38. The highest BCUT2D eigenvalue weighted by Gasteiger charge is 2.21. The van der Waals surface area contributed by atoms with E-state index in [1.807, 2.05) is 6.92 Å². The molecule has 6 nitrogen and oxygen atoms in total. The quantitative estimate of drug-likeness (QED) is 0.677. The Morgan fingerprint density at radius 2 is 2.50 bits per heavy atom. The van der Waals surface area contributed by atoms with Crippen molar-refractivity contribution in [3.05, 3.63) is 12.3 Å². The summed E-state index contributed by atoms with van der Waals surface area (Å²) in [7, 11) is 0. The van der Waals surface area contributed by atoms with E-state index < -0.39 is 0 Å². The van der Waals surface area contributed by atoms with E-state index in [2.05, 4.69) is 25.9 Å². The first-order valence-corrected chi connectivity index (χ1v) is 5.38. The molecule has 1 aliphatic rings. The summed E-state index contributed by atoms with van der Waals surface area (Å²) in [4.78, 5) is 19.4. The zero-order valence-electron chi connectivity index (χ0n) is 9.16. The van der Waals surface area contributed by atoms with E-state index in [1.54, 1.807) is 12.3 Å². The number of carbonyl (C=O) groups is 1. The highest BCUT2D eigenvalue weighted by atomic mass is 16.1. The maximum absolute atomic E-state index is 11.0. The maximum atomic E-state index is 11.0. The van der Waals surface area contributed by atoms with Crippen molar-refractivity contribution in [3.8, 4) is 0 Å². The van der Waals surface area contributed by atoms with Gasteiger partial charge < -0.3 is 16.0 Å². The second-order valence-electron chi connectivity index (χ2n) is 3.65. The number of rotatable bonds is 4. The summed E-state index contributed by atoms with van der Waals surface area (Å²) in [6, 6.07) is 1.92. The van der Waals surface area contributed by atoms with Crippen LogP contribution in [0.5, 0.6) is 0 Å². The third-order valence-corrected chi connectivity index (χ3v) is 2.32. The smallest absolute Gasteiger partial charge is 0.224 e. The standard InChI is InChI=1S/C10H15N5O/c1-2-11-10-12-4-3-8(15-10)14-7-5-9(16)13-6-7/h3-4,7H,2,5-6H2,1H3,(H,13,16)(H2,11,12,14,15). The second-order valence-corrected chi connectivity index (χ2v) is 3.65. The molecule has 0 radical (unpaired) electrons. The maximum Gasteiger partial charge on any atom is 0.224 e. The normalized spacial score (nSPS) is 19.3. The molecule has 1 saturated heterocycles. The molecular formula is C10H15N5O. The molecule has 0 saturated carbocycles. The SMILES string of the molecule is CCNc1nccc(NC2CNC(=O)C2)n1. The summed E-state index contributed by atoms with van der Waals surface area (Å²) in [6.45, 7) is 3.43. The molecule has 2 heterocycles. The fourth-order valence-corrected chi connectivity index (χ4v) is 1.60. The van der Waals surface area contributed by atoms with Crippen molar-refractivity contribution in [3.63, 3.8) is 0 Å². The van der Waals surface area contributed by atoms with E-state index in [9.17, 15) is 4.79 Å². The van der Waals surface area contributed by atoms with Crippen molar-refractivity contribution in [2.45, 2.75) is 19.4 Å². The Hall–Kier alpha value is -1.85. The minimum Gasteiger partial charge on any atom is -0.365 e. The average Bonchev–Trinajstić information content (AvgIpc) is 2.65. The zero-order valence-corrected chi connectivity index (χ0v) is 9.16. The molecule has 1 unspecified atom stereocenters. The first-order chi connectivity index (χ1) is 7.78. The van der Waals surface area contributed by atoms with Crippen LogP contribution in [0.2, 0.25) is 0 Å². The Balaban J connectivity index is 1.98. The summed E-state index contributed by atoms with van der Waals surface area (Å²) in [5.41, 5.74) is 0. The number of hydrogen-bond acceptors (Lipinski definition) is 5. The Kier molecular flexibility index (Phi) is 3.19. The Labute approximate surface area is 93.9 Å². The van der Waals surface area contributed by atoms with Gasteiger partial charge in [0.25, 0.3) is 0 Å². The van der Waals surface area contributed by atoms with Crippen LogP contribution in [0.15, 0.2) is 12.3 Å². The van der Waals surface area contributed by atoms with Crippen molar-refractivity contribution in [1.29, 1.82) is 0 Å². The van der Waals surface area contributed by atoms with Gasteiger partial charge in [0.15, 0.2) is 0 Å². The average molecular weight is 221 g/mol. The van der Waals surface area contributed by atoms with Gasteiger partial charge in [0.05, 0.1) is 6.04 Å². The number of nitrogens with zero attached hydrogens (tertiary/aromatic N) is 2. The minimum absolute atomic E-state index is 0.0819. The highest BCUT2D eigenvalue weighted by molar-refractivity contribution is 5.79.